The molecule has 2 spiro atoms. The summed E-state index contributed by atoms with van der Waals surface area (Å²) in [7, 11) is 0. The maximum atomic E-state index is 10.9. The van der Waals surface area contributed by atoms with E-state index < -0.39 is 0 Å². The summed E-state index contributed by atoms with van der Waals surface area (Å²) < 4.78 is 9.49. The highest BCUT2D eigenvalue weighted by Crippen LogP contribution is 2.78. The fourth-order valence-corrected chi connectivity index (χ4v) is 16.3. The van der Waals surface area contributed by atoms with Crippen molar-refractivity contribution < 1.29 is 4.42 Å². The molecule has 10 atom stereocenters. The molecule has 15 rings (SSSR count). The predicted molar refractivity (Wildman–Crippen MR) is 194 cm³/mol. The highest BCUT2D eigenvalue weighted by molar-refractivity contribution is 6.34. The molecule has 50 heavy (non-hydrogen) atoms. The van der Waals surface area contributed by atoms with E-state index in [0.717, 1.165) is 46.0 Å². The fourth-order valence-electron chi connectivity index (χ4n) is 16.3. The summed E-state index contributed by atoms with van der Waals surface area (Å²) in [5.74, 6) is 5.46. The van der Waals surface area contributed by atoms with Gasteiger partial charge in [0.25, 0.3) is 0 Å². The number of furan rings is 1. The zero-order valence-electron chi connectivity index (χ0n) is 28.0. The topological polar surface area (TPSA) is 65.1 Å². The normalized spacial score (nSPS) is 37.7. The Hall–Kier alpha value is -4.54. The first-order chi connectivity index (χ1) is 24.6. The standard InChI is InChI=1S/C46H35N3O/c47-18-24-9-33-40(38-22-7-28-11-26-5-20(36(24)38)14-45(26,28)16-22)32-13-31-30-3-1-2-4-35(30)50-44(31)42-41-34(49(33)43(32)42)10-25(19-48)37-21-6-27-12-29-8-23(39(37)41)17-46(27,29)15-21/h1-4,9-10,13,20-23,26-29H,5-8,11-12,14-17H2. The van der Waals surface area contributed by atoms with Gasteiger partial charge in [0.15, 0.2) is 0 Å². The van der Waals surface area contributed by atoms with Crippen LogP contribution in [0.15, 0.2) is 46.9 Å². The Morgan fingerprint density at radius 2 is 1.12 bits per heavy atom. The average Bonchev–Trinajstić information content (AvgIpc) is 3.96. The van der Waals surface area contributed by atoms with Gasteiger partial charge in [-0.05, 0) is 169 Å². The molecule has 0 N–H and O–H groups in total. The van der Waals surface area contributed by atoms with E-state index in [1.54, 1.807) is 0 Å². The fraction of sp³-hybridized carbons (Fsp3) is 0.435. The monoisotopic (exact) mass is 645 g/mol. The van der Waals surface area contributed by atoms with Crippen molar-refractivity contribution in [1.82, 2.24) is 4.40 Å². The van der Waals surface area contributed by atoms with E-state index in [9.17, 15) is 10.5 Å². The molecule has 0 aliphatic heterocycles. The van der Waals surface area contributed by atoms with Crippen LogP contribution in [0.4, 0.5) is 0 Å². The number of para-hydroxylation sites is 1. The zero-order valence-corrected chi connectivity index (χ0v) is 28.0. The number of fused-ring (bicyclic) bond motifs is 22. The predicted octanol–water partition coefficient (Wildman–Crippen LogP) is 11.3. The molecule has 6 fully saturated rings. The molecule has 8 aliphatic carbocycles. The van der Waals surface area contributed by atoms with E-state index >= 15 is 0 Å². The van der Waals surface area contributed by atoms with E-state index in [-0.39, 0.29) is 0 Å². The van der Waals surface area contributed by atoms with Crippen molar-refractivity contribution in [1.29, 1.82) is 10.5 Å². The van der Waals surface area contributed by atoms with Gasteiger partial charge in [0, 0.05) is 26.9 Å². The molecular weight excluding hydrogens is 611 g/mol. The lowest BCUT2D eigenvalue weighted by Crippen LogP contribution is -2.41. The van der Waals surface area contributed by atoms with E-state index in [1.807, 2.05) is 0 Å². The minimum Gasteiger partial charge on any atom is -0.455 e. The SMILES string of the molecule is N#Cc1cc2c(c3c1C1CC4CC5CC3CC45C1)c1cc3c4ccccc4oc3c3c4c5c(c(C#N)cc4n2c13)C1CC2CC3CC5CC23C1. The Balaban J connectivity index is 1.19. The van der Waals surface area contributed by atoms with Gasteiger partial charge in [-0.1, -0.05) is 18.2 Å². The molecule has 4 nitrogen and oxygen atoms in total. The van der Waals surface area contributed by atoms with Crippen LogP contribution in [0.1, 0.15) is 121 Å². The van der Waals surface area contributed by atoms with Gasteiger partial charge >= 0.3 is 0 Å². The Morgan fingerprint density at radius 1 is 0.580 bits per heavy atom. The van der Waals surface area contributed by atoms with E-state index in [2.05, 4.69) is 59.0 Å². The van der Waals surface area contributed by atoms with Gasteiger partial charge in [0.1, 0.15) is 11.2 Å². The van der Waals surface area contributed by atoms with Crippen molar-refractivity contribution in [2.75, 3.05) is 0 Å². The Kier molecular flexibility index (Phi) is 3.84. The summed E-state index contributed by atoms with van der Waals surface area (Å²) in [6, 6.07) is 21.2. The minimum absolute atomic E-state index is 0.490. The van der Waals surface area contributed by atoms with Crippen molar-refractivity contribution in [2.24, 2.45) is 34.5 Å². The summed E-state index contributed by atoms with van der Waals surface area (Å²) in [4.78, 5) is 0. The van der Waals surface area contributed by atoms with Crippen molar-refractivity contribution in [3.63, 3.8) is 0 Å². The summed E-state index contributed by atoms with van der Waals surface area (Å²) in [5.41, 5.74) is 14.2. The van der Waals surface area contributed by atoms with E-state index in [4.69, 9.17) is 4.42 Å². The van der Waals surface area contributed by atoms with Crippen LogP contribution >= 0.6 is 0 Å². The van der Waals surface area contributed by atoms with E-state index in [0.29, 0.717) is 34.5 Å². The number of hydrogen-bond acceptors (Lipinski definition) is 3. The van der Waals surface area contributed by atoms with Crippen LogP contribution in [0, 0.1) is 57.2 Å². The van der Waals surface area contributed by atoms with Gasteiger partial charge in [-0.3, -0.25) is 0 Å². The second-order valence-electron chi connectivity index (χ2n) is 18.7. The Labute approximate surface area is 288 Å². The lowest BCUT2D eigenvalue weighted by molar-refractivity contribution is 0.00321. The van der Waals surface area contributed by atoms with Gasteiger partial charge in [-0.2, -0.15) is 10.5 Å². The number of rotatable bonds is 0. The first-order valence-corrected chi connectivity index (χ1v) is 19.6. The summed E-state index contributed by atoms with van der Waals surface area (Å²) in [5, 5.41) is 29.6. The lowest BCUT2D eigenvalue weighted by atomic mass is 9.56. The molecule has 10 unspecified atom stereocenters. The first kappa shape index (κ1) is 25.4. The van der Waals surface area contributed by atoms with Crippen molar-refractivity contribution in [3.8, 4) is 12.1 Å². The Morgan fingerprint density at radius 3 is 1.72 bits per heavy atom. The number of hydrogen-bond donors (Lipinski definition) is 0. The summed E-state index contributed by atoms with van der Waals surface area (Å²) in [6.45, 7) is 0. The van der Waals surface area contributed by atoms with Crippen LogP contribution in [0.5, 0.6) is 0 Å². The van der Waals surface area contributed by atoms with Crippen LogP contribution in [0.3, 0.4) is 0 Å². The first-order valence-electron chi connectivity index (χ1n) is 19.6. The average molecular weight is 646 g/mol. The zero-order chi connectivity index (χ0) is 32.2. The van der Waals surface area contributed by atoms with Crippen LogP contribution in [-0.4, -0.2) is 4.40 Å². The number of nitriles is 2. The van der Waals surface area contributed by atoms with Gasteiger partial charge in [0.2, 0.25) is 0 Å². The molecule has 4 aromatic carbocycles. The molecule has 240 valence electrons. The molecule has 6 saturated carbocycles. The van der Waals surface area contributed by atoms with Gasteiger partial charge < -0.3 is 8.82 Å². The molecule has 0 saturated heterocycles. The second kappa shape index (κ2) is 7.55. The second-order valence-corrected chi connectivity index (χ2v) is 18.7. The van der Waals surface area contributed by atoms with E-state index in [1.165, 1.54) is 135 Å². The largest absolute Gasteiger partial charge is 0.455 e. The Bertz CT molecular complexity index is 2950. The quantitative estimate of drug-likeness (QED) is 0.165. The van der Waals surface area contributed by atoms with Crippen LogP contribution in [0.25, 0.3) is 60.0 Å². The maximum absolute atomic E-state index is 10.9. The molecule has 4 heteroatoms. The van der Waals surface area contributed by atoms with Crippen molar-refractivity contribution in [3.05, 3.63) is 75.8 Å². The molecule has 8 aliphatic rings. The lowest BCUT2D eigenvalue weighted by Gasteiger charge is -2.48. The van der Waals surface area contributed by atoms with Crippen molar-refractivity contribution in [2.45, 2.75) is 87.9 Å². The molecule has 3 aromatic heterocycles. The highest BCUT2D eigenvalue weighted by atomic mass is 16.3. The van der Waals surface area contributed by atoms with Crippen LogP contribution < -0.4 is 0 Å². The molecule has 6 bridgehead atoms. The molecule has 3 heterocycles. The van der Waals surface area contributed by atoms with Crippen molar-refractivity contribution >= 4 is 60.0 Å². The molecule has 7 aromatic rings. The molecule has 0 amide bonds. The number of benzene rings is 4. The van der Waals surface area contributed by atoms with Gasteiger partial charge in [-0.15, -0.1) is 0 Å². The van der Waals surface area contributed by atoms with Crippen LogP contribution in [0.2, 0.25) is 0 Å². The summed E-state index contributed by atoms with van der Waals surface area (Å²) in [6.07, 6.45) is 13.0. The van der Waals surface area contributed by atoms with Crippen LogP contribution in [-0.2, 0) is 0 Å². The maximum Gasteiger partial charge on any atom is 0.145 e. The van der Waals surface area contributed by atoms with Gasteiger partial charge in [-0.25, -0.2) is 0 Å². The smallest absolute Gasteiger partial charge is 0.145 e. The molecular formula is C46H35N3O. The van der Waals surface area contributed by atoms with Gasteiger partial charge in [0.05, 0.1) is 45.2 Å². The third-order valence-corrected chi connectivity index (χ3v) is 17.7. The number of aromatic nitrogens is 1. The third-order valence-electron chi connectivity index (χ3n) is 17.7. The molecule has 0 radical (unpaired) electrons. The minimum atomic E-state index is 0.490. The highest BCUT2D eigenvalue weighted by Gasteiger charge is 2.67. The third kappa shape index (κ3) is 2.35. The number of nitrogens with zero attached hydrogens (tertiary/aromatic N) is 3. The summed E-state index contributed by atoms with van der Waals surface area (Å²) >= 11 is 0.